The van der Waals surface area contributed by atoms with Crippen LogP contribution in [0.15, 0.2) is 187 Å². The van der Waals surface area contributed by atoms with Gasteiger partial charge in [0.2, 0.25) is 0 Å². The highest BCUT2D eigenvalue weighted by molar-refractivity contribution is 8.93. The van der Waals surface area contributed by atoms with E-state index >= 15 is 0 Å². The van der Waals surface area contributed by atoms with Gasteiger partial charge in [0, 0.05) is 6.42 Å². The molecule has 0 aliphatic carbocycles. The maximum absolute atomic E-state index is 5.67. The molecule has 2 nitrogen and oxygen atoms in total. The Labute approximate surface area is 308 Å². The minimum atomic E-state index is -2.20. The number of halogens is 2. The Bertz CT molecular complexity index is 1680. The van der Waals surface area contributed by atoms with E-state index in [1.807, 2.05) is 0 Å². The lowest BCUT2D eigenvalue weighted by atomic mass is 10.2. The monoisotopic (exact) mass is 794 g/mol. The summed E-state index contributed by atoms with van der Waals surface area (Å²) in [6.07, 6.45) is 1.96. The molecule has 0 amide bonds. The topological polar surface area (TPSA) is 15.6 Å². The predicted molar refractivity (Wildman–Crippen MR) is 224 cm³/mol. The summed E-state index contributed by atoms with van der Waals surface area (Å²) in [6.45, 7) is 3.25. The Hall–Kier alpha value is -3.39. The van der Waals surface area contributed by atoms with Crippen molar-refractivity contribution in [1.29, 1.82) is 0 Å². The molecule has 6 heteroatoms. The van der Waals surface area contributed by atoms with Crippen molar-refractivity contribution in [2.75, 3.05) is 12.7 Å². The molecular weight excluding hydrogens is 754 g/mol. The highest BCUT2D eigenvalue weighted by atomic mass is 79.9. The lowest BCUT2D eigenvalue weighted by molar-refractivity contribution is 0.261. The number of hydrazone groups is 1. The van der Waals surface area contributed by atoms with Gasteiger partial charge in [0.1, 0.15) is 39.1 Å². The van der Waals surface area contributed by atoms with Crippen LogP contribution in [0.4, 0.5) is 0 Å². The van der Waals surface area contributed by atoms with Crippen molar-refractivity contribution in [3.8, 4) is 0 Å². The van der Waals surface area contributed by atoms with Crippen LogP contribution >= 0.6 is 48.5 Å². The summed E-state index contributed by atoms with van der Waals surface area (Å²) in [7, 11) is -4.17. The van der Waals surface area contributed by atoms with Gasteiger partial charge in [0.15, 0.2) is 12.7 Å². The minimum absolute atomic E-state index is 0. The zero-order valence-corrected chi connectivity index (χ0v) is 32.3. The van der Waals surface area contributed by atoms with Crippen LogP contribution in [0, 0.1) is 0 Å². The first-order valence-electron chi connectivity index (χ1n) is 16.2. The molecule has 242 valence electrons. The van der Waals surface area contributed by atoms with Crippen molar-refractivity contribution < 1.29 is 0 Å². The maximum Gasteiger partial charge on any atom is 0.194 e. The van der Waals surface area contributed by atoms with Gasteiger partial charge in [-0.3, -0.25) is 5.01 Å². The van der Waals surface area contributed by atoms with Crippen molar-refractivity contribution >= 4 is 85.8 Å². The Morgan fingerprint density at radius 1 is 0.479 bits per heavy atom. The van der Waals surface area contributed by atoms with E-state index in [4.69, 9.17) is 5.10 Å². The molecule has 48 heavy (non-hydrogen) atoms. The van der Waals surface area contributed by atoms with Crippen LogP contribution in [0.3, 0.4) is 0 Å². The van der Waals surface area contributed by atoms with Crippen LogP contribution in [0.5, 0.6) is 0 Å². The number of rotatable bonds is 10. The van der Waals surface area contributed by atoms with E-state index in [2.05, 4.69) is 194 Å². The molecule has 6 aromatic rings. The van der Waals surface area contributed by atoms with Crippen LogP contribution in [0.25, 0.3) is 0 Å². The summed E-state index contributed by atoms with van der Waals surface area (Å²) < 4.78 is 0. The van der Waals surface area contributed by atoms with E-state index in [1.54, 1.807) is 0 Å². The molecule has 1 heterocycles. The molecule has 0 aromatic heterocycles. The van der Waals surface area contributed by atoms with Crippen molar-refractivity contribution in [3.63, 3.8) is 0 Å². The number of benzene rings is 6. The fourth-order valence-corrected chi connectivity index (χ4v) is 15.8. The molecule has 1 aliphatic heterocycles. The summed E-state index contributed by atoms with van der Waals surface area (Å²) in [5, 5.41) is 16.4. The summed E-state index contributed by atoms with van der Waals surface area (Å²) in [5.74, 6) is 0. The minimum Gasteiger partial charge on any atom is -0.287 e. The normalized spacial score (nSPS) is 14.4. The fourth-order valence-electron chi connectivity index (χ4n) is 7.12. The van der Waals surface area contributed by atoms with Gasteiger partial charge in [-0.25, -0.2) is 0 Å². The maximum atomic E-state index is 5.67. The van der Waals surface area contributed by atoms with Crippen LogP contribution in [0.1, 0.15) is 13.3 Å². The van der Waals surface area contributed by atoms with Gasteiger partial charge >= 0.3 is 0 Å². The predicted octanol–water partition coefficient (Wildman–Crippen LogP) is 8.54. The molecule has 0 bridgehead atoms. The Morgan fingerprint density at radius 2 is 0.771 bits per heavy atom. The summed E-state index contributed by atoms with van der Waals surface area (Å²) in [6, 6.07) is 67.3. The summed E-state index contributed by atoms with van der Waals surface area (Å²) >= 11 is 0. The Balaban J connectivity index is 0.00000225. The van der Waals surface area contributed by atoms with Crippen LogP contribution in [-0.2, 0) is 0 Å². The van der Waals surface area contributed by atoms with Crippen LogP contribution < -0.4 is 31.8 Å². The SMILES string of the molecule is Br.Br.CC1CC([P+](c2ccccc2)(c2ccccc2)c2ccccc2)=NN1CC[P+](c1ccccc1)(c1ccccc1)c1ccccc1. The van der Waals surface area contributed by atoms with E-state index < -0.39 is 14.5 Å². The van der Waals surface area contributed by atoms with E-state index in [-0.39, 0.29) is 34.0 Å². The zero-order chi connectivity index (χ0) is 31.2. The molecule has 0 spiro atoms. The highest BCUT2D eigenvalue weighted by Gasteiger charge is 2.54. The molecule has 0 saturated heterocycles. The fraction of sp³-hybridized carbons (Fsp3) is 0.119. The van der Waals surface area contributed by atoms with Gasteiger partial charge in [-0.05, 0) is 79.7 Å². The Kier molecular flexibility index (Phi) is 12.2. The lowest BCUT2D eigenvalue weighted by Gasteiger charge is -2.30. The van der Waals surface area contributed by atoms with E-state index in [0.717, 1.165) is 19.1 Å². The summed E-state index contributed by atoms with van der Waals surface area (Å²) in [5.41, 5.74) is 1.31. The number of hydrogen-bond acceptors (Lipinski definition) is 2. The standard InChI is InChI=1S/C42H40N2P2.2BrH/c1-35-34-42(46(39-26-14-5-15-27-39,40-28-16-6-17-29-40)41-30-18-7-19-31-41)43-44(35)32-33-45(36-20-8-2-9-21-36,37-22-10-3-11-23-37)38-24-12-4-13-25-38;;/h2-31,35H,32-34H2,1H3;2*1H/q+2;;. The lowest BCUT2D eigenvalue weighted by Crippen LogP contribution is -2.37. The molecule has 1 aliphatic rings. The molecule has 0 N–H and O–H groups in total. The second-order valence-electron chi connectivity index (χ2n) is 11.9. The third-order valence-electron chi connectivity index (χ3n) is 9.30. The van der Waals surface area contributed by atoms with Gasteiger partial charge in [-0.15, -0.1) is 39.1 Å². The Morgan fingerprint density at radius 3 is 1.08 bits per heavy atom. The zero-order valence-electron chi connectivity index (χ0n) is 27.1. The molecule has 1 unspecified atom stereocenters. The van der Waals surface area contributed by atoms with Crippen molar-refractivity contribution in [2.45, 2.75) is 19.4 Å². The molecular formula is C42H42Br2N2P2+2. The molecule has 0 saturated carbocycles. The molecule has 6 aromatic carbocycles. The van der Waals surface area contributed by atoms with Gasteiger partial charge < -0.3 is 0 Å². The highest BCUT2D eigenvalue weighted by Crippen LogP contribution is 2.60. The second kappa shape index (κ2) is 16.3. The van der Waals surface area contributed by atoms with Gasteiger partial charge in [-0.1, -0.05) is 109 Å². The van der Waals surface area contributed by atoms with Gasteiger partial charge in [0.25, 0.3) is 0 Å². The van der Waals surface area contributed by atoms with Gasteiger partial charge in [-0.2, -0.15) is 0 Å². The number of hydrogen-bond donors (Lipinski definition) is 0. The first kappa shape index (κ1) is 35.9. The summed E-state index contributed by atoms with van der Waals surface area (Å²) in [4.78, 5) is 0. The second-order valence-corrected chi connectivity index (χ2v) is 19.0. The van der Waals surface area contributed by atoms with Crippen molar-refractivity contribution in [2.24, 2.45) is 5.10 Å². The van der Waals surface area contributed by atoms with E-state index in [9.17, 15) is 0 Å². The quantitative estimate of drug-likeness (QED) is 0.127. The van der Waals surface area contributed by atoms with E-state index in [1.165, 1.54) is 37.3 Å². The van der Waals surface area contributed by atoms with Crippen molar-refractivity contribution in [1.82, 2.24) is 5.01 Å². The van der Waals surface area contributed by atoms with Crippen LogP contribution in [0.2, 0.25) is 0 Å². The molecule has 7 rings (SSSR count). The number of nitrogens with zero attached hydrogens (tertiary/aromatic N) is 2. The van der Waals surface area contributed by atoms with Gasteiger partial charge in [0.05, 0.1) is 18.7 Å². The average Bonchev–Trinajstić information content (AvgIpc) is 3.51. The molecule has 0 fully saturated rings. The largest absolute Gasteiger partial charge is 0.287 e. The third kappa shape index (κ3) is 6.74. The average molecular weight is 797 g/mol. The first-order chi connectivity index (χ1) is 22.7. The van der Waals surface area contributed by atoms with E-state index in [0.29, 0.717) is 6.04 Å². The smallest absolute Gasteiger partial charge is 0.194 e. The first-order valence-corrected chi connectivity index (χ1v) is 19.9. The molecule has 0 radical (unpaired) electrons. The van der Waals surface area contributed by atoms with Crippen molar-refractivity contribution in [3.05, 3.63) is 182 Å². The van der Waals surface area contributed by atoms with Crippen LogP contribution in [-0.4, -0.2) is 29.2 Å². The molecule has 1 atom stereocenters. The third-order valence-corrected chi connectivity index (χ3v) is 18.0.